The molecule has 0 bridgehead atoms. The van der Waals surface area contributed by atoms with Crippen LogP contribution >= 0.6 is 39.1 Å². The molecule has 2 aromatic carbocycles. The van der Waals surface area contributed by atoms with Gasteiger partial charge in [-0.1, -0.05) is 35.3 Å². The minimum absolute atomic E-state index is 0.0850. The van der Waals surface area contributed by atoms with E-state index in [0.29, 0.717) is 16.7 Å². The summed E-state index contributed by atoms with van der Waals surface area (Å²) >= 11 is 16.2. The Bertz CT molecular complexity index is 613. The molecule has 2 nitrogen and oxygen atoms in total. The van der Waals surface area contributed by atoms with Gasteiger partial charge in [-0.3, -0.25) is 0 Å². The average molecular weight is 389 g/mol. The molecular formula is C16H16BrCl2NO. The van der Waals surface area contributed by atoms with Crippen LogP contribution in [0.25, 0.3) is 0 Å². The number of nitrogens with one attached hydrogen (secondary N) is 1. The second kappa shape index (κ2) is 7.50. The van der Waals surface area contributed by atoms with Crippen LogP contribution < -0.4 is 10.1 Å². The third kappa shape index (κ3) is 3.72. The number of ether oxygens (including phenoxy) is 1. The van der Waals surface area contributed by atoms with E-state index >= 15 is 0 Å². The fourth-order valence-electron chi connectivity index (χ4n) is 2.23. The van der Waals surface area contributed by atoms with Gasteiger partial charge in [0.15, 0.2) is 0 Å². The lowest BCUT2D eigenvalue weighted by Gasteiger charge is -2.21. The van der Waals surface area contributed by atoms with Crippen LogP contribution in [0.2, 0.25) is 10.0 Å². The summed E-state index contributed by atoms with van der Waals surface area (Å²) in [5, 5.41) is 4.55. The zero-order valence-electron chi connectivity index (χ0n) is 11.8. The van der Waals surface area contributed by atoms with Crippen LogP contribution in [0.15, 0.2) is 40.9 Å². The van der Waals surface area contributed by atoms with Crippen LogP contribution in [0, 0.1) is 0 Å². The lowest BCUT2D eigenvalue weighted by molar-refractivity contribution is 0.338. The maximum atomic E-state index is 6.31. The smallest absolute Gasteiger partial charge is 0.133 e. The molecule has 2 aromatic rings. The second-order valence-electron chi connectivity index (χ2n) is 4.48. The summed E-state index contributed by atoms with van der Waals surface area (Å²) < 4.78 is 6.45. The van der Waals surface area contributed by atoms with Crippen molar-refractivity contribution in [2.75, 3.05) is 13.7 Å². The summed E-state index contributed by atoms with van der Waals surface area (Å²) in [6.45, 7) is 2.59. The molecule has 0 radical (unpaired) electrons. The quantitative estimate of drug-likeness (QED) is 0.733. The fraction of sp³-hybridized carbons (Fsp3) is 0.250. The van der Waals surface area contributed by atoms with Crippen molar-refractivity contribution in [3.05, 3.63) is 62.0 Å². The van der Waals surface area contributed by atoms with Crippen LogP contribution in [0.1, 0.15) is 24.1 Å². The Hall–Kier alpha value is -0.740. The SMILES string of the molecule is CCOc1ccc(C(NC)c2c(Cl)cccc2Cl)cc1Br. The summed E-state index contributed by atoms with van der Waals surface area (Å²) in [7, 11) is 1.88. The van der Waals surface area contributed by atoms with Crippen LogP contribution in [0.4, 0.5) is 0 Å². The second-order valence-corrected chi connectivity index (χ2v) is 6.15. The third-order valence-electron chi connectivity index (χ3n) is 3.17. The number of benzene rings is 2. The number of halogens is 3. The molecule has 0 fully saturated rings. The van der Waals surface area contributed by atoms with Crippen molar-refractivity contribution in [2.24, 2.45) is 0 Å². The van der Waals surface area contributed by atoms with E-state index in [1.165, 1.54) is 0 Å². The van der Waals surface area contributed by atoms with E-state index in [9.17, 15) is 0 Å². The predicted octanol–water partition coefficient (Wildman–Crippen LogP) is 5.46. The zero-order chi connectivity index (χ0) is 15.4. The van der Waals surface area contributed by atoms with Crippen molar-refractivity contribution >= 4 is 39.1 Å². The average Bonchev–Trinajstić information content (AvgIpc) is 2.45. The first kappa shape index (κ1) is 16.6. The number of hydrogen-bond donors (Lipinski definition) is 1. The number of hydrogen-bond acceptors (Lipinski definition) is 2. The van der Waals surface area contributed by atoms with Gasteiger partial charge in [0.1, 0.15) is 5.75 Å². The largest absolute Gasteiger partial charge is 0.493 e. The Morgan fingerprint density at radius 2 is 1.86 bits per heavy atom. The normalized spacial score (nSPS) is 12.2. The highest BCUT2D eigenvalue weighted by atomic mass is 79.9. The maximum Gasteiger partial charge on any atom is 0.133 e. The molecule has 112 valence electrons. The molecule has 0 spiro atoms. The molecule has 0 aliphatic carbocycles. The van der Waals surface area contributed by atoms with E-state index in [1.807, 2.05) is 50.4 Å². The predicted molar refractivity (Wildman–Crippen MR) is 92.7 cm³/mol. The molecule has 21 heavy (non-hydrogen) atoms. The minimum atomic E-state index is -0.0850. The van der Waals surface area contributed by atoms with Crippen molar-refractivity contribution in [3.63, 3.8) is 0 Å². The van der Waals surface area contributed by atoms with E-state index in [2.05, 4.69) is 21.2 Å². The van der Waals surface area contributed by atoms with E-state index in [0.717, 1.165) is 21.3 Å². The zero-order valence-corrected chi connectivity index (χ0v) is 14.9. The molecule has 0 saturated heterocycles. The first-order valence-corrected chi connectivity index (χ1v) is 8.16. The van der Waals surface area contributed by atoms with Gasteiger partial charge in [0.2, 0.25) is 0 Å². The molecule has 1 unspecified atom stereocenters. The van der Waals surface area contributed by atoms with Gasteiger partial charge in [0.25, 0.3) is 0 Å². The standard InChI is InChI=1S/C16H16BrCl2NO/c1-3-21-14-8-7-10(9-11(14)17)16(20-2)15-12(18)5-4-6-13(15)19/h4-9,16,20H,3H2,1-2H3. The Kier molecular flexibility index (Phi) is 5.94. The summed E-state index contributed by atoms with van der Waals surface area (Å²) in [6, 6.07) is 11.4. The van der Waals surface area contributed by atoms with Gasteiger partial charge >= 0.3 is 0 Å². The van der Waals surface area contributed by atoms with Crippen LogP contribution in [-0.2, 0) is 0 Å². The van der Waals surface area contributed by atoms with E-state index in [-0.39, 0.29) is 6.04 Å². The van der Waals surface area contributed by atoms with Gasteiger partial charge in [-0.2, -0.15) is 0 Å². The molecular weight excluding hydrogens is 373 g/mol. The Morgan fingerprint density at radius 1 is 1.19 bits per heavy atom. The van der Waals surface area contributed by atoms with E-state index in [4.69, 9.17) is 27.9 Å². The molecule has 0 heterocycles. The third-order valence-corrected chi connectivity index (χ3v) is 4.45. The van der Waals surface area contributed by atoms with Crippen molar-refractivity contribution < 1.29 is 4.74 Å². The summed E-state index contributed by atoms with van der Waals surface area (Å²) in [6.07, 6.45) is 0. The van der Waals surface area contributed by atoms with Gasteiger partial charge < -0.3 is 10.1 Å². The highest BCUT2D eigenvalue weighted by Crippen LogP contribution is 2.36. The Labute approximate surface area is 143 Å². The summed E-state index contributed by atoms with van der Waals surface area (Å²) in [5.41, 5.74) is 1.93. The molecule has 2 rings (SSSR count). The number of rotatable bonds is 5. The molecule has 0 saturated carbocycles. The topological polar surface area (TPSA) is 21.3 Å². The van der Waals surface area contributed by atoms with Crippen molar-refractivity contribution in [1.82, 2.24) is 5.32 Å². The molecule has 5 heteroatoms. The van der Waals surface area contributed by atoms with E-state index < -0.39 is 0 Å². The monoisotopic (exact) mass is 387 g/mol. The van der Waals surface area contributed by atoms with Crippen molar-refractivity contribution in [3.8, 4) is 5.75 Å². The summed E-state index contributed by atoms with van der Waals surface area (Å²) in [5.74, 6) is 0.821. The van der Waals surface area contributed by atoms with Crippen LogP contribution in [0.5, 0.6) is 5.75 Å². The first-order valence-electron chi connectivity index (χ1n) is 6.61. The maximum absolute atomic E-state index is 6.31. The Morgan fingerprint density at radius 3 is 2.38 bits per heavy atom. The van der Waals surface area contributed by atoms with Gasteiger partial charge in [0, 0.05) is 15.6 Å². The van der Waals surface area contributed by atoms with Gasteiger partial charge in [-0.15, -0.1) is 0 Å². The Balaban J connectivity index is 2.45. The molecule has 0 aliphatic rings. The fourth-order valence-corrected chi connectivity index (χ4v) is 3.36. The van der Waals surface area contributed by atoms with Crippen LogP contribution in [-0.4, -0.2) is 13.7 Å². The van der Waals surface area contributed by atoms with Crippen LogP contribution in [0.3, 0.4) is 0 Å². The summed E-state index contributed by atoms with van der Waals surface area (Å²) in [4.78, 5) is 0. The highest BCUT2D eigenvalue weighted by Gasteiger charge is 2.19. The molecule has 1 atom stereocenters. The molecule has 0 aliphatic heterocycles. The first-order chi connectivity index (χ1) is 10.1. The minimum Gasteiger partial charge on any atom is -0.493 e. The molecule has 1 N–H and O–H groups in total. The van der Waals surface area contributed by atoms with Gasteiger partial charge in [-0.05, 0) is 59.7 Å². The molecule has 0 aromatic heterocycles. The van der Waals surface area contributed by atoms with Crippen molar-refractivity contribution in [2.45, 2.75) is 13.0 Å². The van der Waals surface area contributed by atoms with E-state index in [1.54, 1.807) is 0 Å². The van der Waals surface area contributed by atoms with Gasteiger partial charge in [0.05, 0.1) is 17.1 Å². The lowest BCUT2D eigenvalue weighted by Crippen LogP contribution is -2.18. The lowest BCUT2D eigenvalue weighted by atomic mass is 9.98. The highest BCUT2D eigenvalue weighted by molar-refractivity contribution is 9.10. The van der Waals surface area contributed by atoms with Gasteiger partial charge in [-0.25, -0.2) is 0 Å². The molecule has 0 amide bonds. The van der Waals surface area contributed by atoms with Crippen molar-refractivity contribution in [1.29, 1.82) is 0 Å².